The van der Waals surface area contributed by atoms with Crippen molar-refractivity contribution < 1.29 is 14.7 Å². The molecule has 0 saturated carbocycles. The number of carboxylic acid groups (broad SMARTS) is 1. The first kappa shape index (κ1) is 7.33. The number of hydrogen-bond acceptors (Lipinski definition) is 4. The lowest BCUT2D eigenvalue weighted by Crippen LogP contribution is -2.03. The van der Waals surface area contributed by atoms with Crippen molar-refractivity contribution in [2.75, 3.05) is 0 Å². The van der Waals surface area contributed by atoms with E-state index in [4.69, 9.17) is 5.11 Å². The van der Waals surface area contributed by atoms with Crippen LogP contribution in [0.15, 0.2) is 12.3 Å². The number of aromatic nitrogens is 2. The van der Waals surface area contributed by atoms with Gasteiger partial charge in [0, 0.05) is 6.20 Å². The Bertz CT molecular complexity index is 298. The fraction of sp³-hybridized carbons (Fsp3) is 0. The van der Waals surface area contributed by atoms with Crippen LogP contribution in [0.4, 0.5) is 0 Å². The highest BCUT2D eigenvalue weighted by molar-refractivity contribution is 5.86. The molecule has 0 unspecified atom stereocenters. The molecule has 0 aliphatic rings. The molecule has 11 heavy (non-hydrogen) atoms. The Balaban J connectivity index is 3.10. The molecule has 1 rings (SSSR count). The van der Waals surface area contributed by atoms with E-state index in [1.807, 2.05) is 0 Å². The molecular weight excluding hydrogens is 148 g/mol. The van der Waals surface area contributed by atoms with Gasteiger partial charge in [0.1, 0.15) is 0 Å². The molecule has 0 aromatic carbocycles. The van der Waals surface area contributed by atoms with E-state index in [0.29, 0.717) is 6.29 Å². The normalized spacial score (nSPS) is 9.09. The number of aromatic carboxylic acids is 1. The van der Waals surface area contributed by atoms with Crippen LogP contribution in [0, 0.1) is 0 Å². The third-order valence-electron chi connectivity index (χ3n) is 0.999. The number of carboxylic acids is 1. The van der Waals surface area contributed by atoms with Gasteiger partial charge < -0.3 is 5.11 Å². The van der Waals surface area contributed by atoms with E-state index in [2.05, 4.69) is 9.97 Å². The molecule has 56 valence electrons. The summed E-state index contributed by atoms with van der Waals surface area (Å²) in [5.74, 6) is -1.29. The second-order valence-electron chi connectivity index (χ2n) is 1.72. The molecule has 0 atom stereocenters. The molecular formula is C6H4N2O3. The molecule has 1 aromatic heterocycles. The van der Waals surface area contributed by atoms with Gasteiger partial charge in [-0.1, -0.05) is 0 Å². The Morgan fingerprint density at radius 1 is 1.64 bits per heavy atom. The summed E-state index contributed by atoms with van der Waals surface area (Å²) in [6.07, 6.45) is 1.62. The van der Waals surface area contributed by atoms with Crippen LogP contribution < -0.4 is 0 Å². The average Bonchev–Trinajstić information content (AvgIpc) is 2.05. The molecule has 0 aliphatic carbocycles. The van der Waals surface area contributed by atoms with E-state index in [-0.39, 0.29) is 11.5 Å². The zero-order chi connectivity index (χ0) is 8.27. The molecule has 0 bridgehead atoms. The van der Waals surface area contributed by atoms with E-state index in [1.54, 1.807) is 0 Å². The van der Waals surface area contributed by atoms with Crippen LogP contribution in [0.5, 0.6) is 0 Å². The number of carbonyl (C=O) groups excluding carboxylic acids is 1. The number of aldehydes is 1. The quantitative estimate of drug-likeness (QED) is 0.602. The smallest absolute Gasteiger partial charge is 0.354 e. The maximum absolute atomic E-state index is 10.3. The summed E-state index contributed by atoms with van der Waals surface area (Å²) in [4.78, 5) is 27.2. The second kappa shape index (κ2) is 2.87. The van der Waals surface area contributed by atoms with Crippen molar-refractivity contribution in [3.05, 3.63) is 23.8 Å². The second-order valence-corrected chi connectivity index (χ2v) is 1.72. The lowest BCUT2D eigenvalue weighted by Gasteiger charge is -1.91. The lowest BCUT2D eigenvalue weighted by molar-refractivity contribution is 0.0690. The van der Waals surface area contributed by atoms with Crippen LogP contribution in [0.3, 0.4) is 0 Å². The number of hydrogen-bond donors (Lipinski definition) is 1. The molecule has 0 spiro atoms. The van der Waals surface area contributed by atoms with E-state index in [1.165, 1.54) is 12.3 Å². The average molecular weight is 152 g/mol. The topological polar surface area (TPSA) is 80.2 Å². The predicted octanol–water partition coefficient (Wildman–Crippen LogP) is -0.0127. The Labute approximate surface area is 61.7 Å². The van der Waals surface area contributed by atoms with Gasteiger partial charge in [-0.25, -0.2) is 14.8 Å². The van der Waals surface area contributed by atoms with Gasteiger partial charge in [0.25, 0.3) is 0 Å². The first-order valence-electron chi connectivity index (χ1n) is 2.75. The van der Waals surface area contributed by atoms with Crippen molar-refractivity contribution in [3.63, 3.8) is 0 Å². The number of rotatable bonds is 2. The van der Waals surface area contributed by atoms with Gasteiger partial charge in [-0.2, -0.15) is 0 Å². The van der Waals surface area contributed by atoms with Crippen LogP contribution >= 0.6 is 0 Å². The molecule has 1 aromatic rings. The summed E-state index contributed by atoms with van der Waals surface area (Å²) >= 11 is 0. The van der Waals surface area contributed by atoms with Gasteiger partial charge in [0.2, 0.25) is 0 Å². The Morgan fingerprint density at radius 3 is 2.91 bits per heavy atom. The van der Waals surface area contributed by atoms with Crippen molar-refractivity contribution in [3.8, 4) is 0 Å². The van der Waals surface area contributed by atoms with E-state index < -0.39 is 5.97 Å². The Kier molecular flexibility index (Phi) is 1.91. The van der Waals surface area contributed by atoms with E-state index in [9.17, 15) is 9.59 Å². The van der Waals surface area contributed by atoms with Crippen LogP contribution in [-0.4, -0.2) is 27.3 Å². The summed E-state index contributed by atoms with van der Waals surface area (Å²) in [6.45, 7) is 0. The molecule has 5 heteroatoms. The van der Waals surface area contributed by atoms with Gasteiger partial charge in [-0.05, 0) is 6.07 Å². The van der Waals surface area contributed by atoms with Crippen LogP contribution in [0.25, 0.3) is 0 Å². The van der Waals surface area contributed by atoms with Gasteiger partial charge >= 0.3 is 5.97 Å². The zero-order valence-corrected chi connectivity index (χ0v) is 5.39. The maximum Gasteiger partial charge on any atom is 0.354 e. The Morgan fingerprint density at radius 2 is 2.36 bits per heavy atom. The third-order valence-corrected chi connectivity index (χ3v) is 0.999. The molecule has 0 fully saturated rings. The van der Waals surface area contributed by atoms with Crippen molar-refractivity contribution in [2.24, 2.45) is 0 Å². The lowest BCUT2D eigenvalue weighted by atomic mass is 10.4. The SMILES string of the molecule is O=Cc1nccc(C(=O)O)n1. The zero-order valence-electron chi connectivity index (χ0n) is 5.39. The largest absolute Gasteiger partial charge is 0.477 e. The number of nitrogens with zero attached hydrogens (tertiary/aromatic N) is 2. The van der Waals surface area contributed by atoms with Crippen molar-refractivity contribution in [1.82, 2.24) is 9.97 Å². The van der Waals surface area contributed by atoms with E-state index in [0.717, 1.165) is 0 Å². The highest BCUT2D eigenvalue weighted by Gasteiger charge is 2.04. The summed E-state index contributed by atoms with van der Waals surface area (Å²) in [7, 11) is 0. The van der Waals surface area contributed by atoms with Crippen LogP contribution in [-0.2, 0) is 0 Å². The molecule has 1 N–H and O–H groups in total. The minimum absolute atomic E-state index is 0.120. The predicted molar refractivity (Wildman–Crippen MR) is 34.4 cm³/mol. The number of carbonyl (C=O) groups is 2. The summed E-state index contributed by atoms with van der Waals surface area (Å²) in [5.41, 5.74) is -0.179. The minimum Gasteiger partial charge on any atom is -0.477 e. The highest BCUT2D eigenvalue weighted by atomic mass is 16.4. The fourth-order valence-corrected chi connectivity index (χ4v) is 0.550. The summed E-state index contributed by atoms with van der Waals surface area (Å²) in [5, 5.41) is 8.40. The van der Waals surface area contributed by atoms with Crippen molar-refractivity contribution >= 4 is 12.3 Å². The van der Waals surface area contributed by atoms with Gasteiger partial charge in [0.15, 0.2) is 17.8 Å². The van der Waals surface area contributed by atoms with Gasteiger partial charge in [-0.3, -0.25) is 4.79 Å². The molecule has 0 amide bonds. The molecule has 0 radical (unpaired) electrons. The monoisotopic (exact) mass is 152 g/mol. The molecule has 0 aliphatic heterocycles. The van der Waals surface area contributed by atoms with Crippen molar-refractivity contribution in [1.29, 1.82) is 0 Å². The first-order valence-corrected chi connectivity index (χ1v) is 2.75. The molecule has 5 nitrogen and oxygen atoms in total. The van der Waals surface area contributed by atoms with Crippen molar-refractivity contribution in [2.45, 2.75) is 0 Å². The van der Waals surface area contributed by atoms with Crippen LogP contribution in [0.2, 0.25) is 0 Å². The summed E-state index contributed by atoms with van der Waals surface area (Å²) in [6, 6.07) is 1.22. The van der Waals surface area contributed by atoms with E-state index >= 15 is 0 Å². The minimum atomic E-state index is -1.17. The fourth-order valence-electron chi connectivity index (χ4n) is 0.550. The maximum atomic E-state index is 10.3. The van der Waals surface area contributed by atoms with Gasteiger partial charge in [0.05, 0.1) is 0 Å². The van der Waals surface area contributed by atoms with Gasteiger partial charge in [-0.15, -0.1) is 0 Å². The standard InChI is InChI=1S/C6H4N2O3/c9-3-5-7-2-1-4(8-5)6(10)11/h1-3H,(H,10,11). The third kappa shape index (κ3) is 1.57. The molecule has 0 saturated heterocycles. The Hall–Kier alpha value is -1.78. The molecule has 1 heterocycles. The highest BCUT2D eigenvalue weighted by Crippen LogP contribution is 1.92. The first-order chi connectivity index (χ1) is 5.24. The van der Waals surface area contributed by atoms with Crippen LogP contribution in [0.1, 0.15) is 21.1 Å². The summed E-state index contributed by atoms with van der Waals surface area (Å²) < 4.78 is 0.